The predicted molar refractivity (Wildman–Crippen MR) is 121 cm³/mol. The second-order valence-corrected chi connectivity index (χ2v) is 7.59. The van der Waals surface area contributed by atoms with Crippen LogP contribution in [0.3, 0.4) is 0 Å². The van der Waals surface area contributed by atoms with Gasteiger partial charge in [0.25, 0.3) is 0 Å². The molecule has 7 heteroatoms. The number of carboxylic acids is 1. The molecule has 0 atom stereocenters. The van der Waals surface area contributed by atoms with Gasteiger partial charge in [0.05, 0.1) is 16.8 Å². The molecule has 158 valence electrons. The molecule has 0 amide bonds. The van der Waals surface area contributed by atoms with E-state index in [9.17, 15) is 9.90 Å². The lowest BCUT2D eigenvalue weighted by Crippen LogP contribution is -2.08. The van der Waals surface area contributed by atoms with E-state index in [-0.39, 0.29) is 11.6 Å². The number of benzene rings is 2. The zero-order chi connectivity index (χ0) is 22.1. The lowest BCUT2D eigenvalue weighted by Gasteiger charge is -2.13. The molecule has 0 aliphatic rings. The SMILES string of the molecule is CCc1cc2[nH]c(Oc3ccc(C)c(C(=O)O)c3)nc2nc1-c1ccc(N(C)C)cc1. The molecule has 0 radical (unpaired) electrons. The molecular formula is C24H24N4O3. The number of carboxylic acid groups (broad SMARTS) is 1. The second-order valence-electron chi connectivity index (χ2n) is 7.59. The first-order valence-electron chi connectivity index (χ1n) is 10.0. The van der Waals surface area contributed by atoms with Crippen molar-refractivity contribution in [1.82, 2.24) is 15.0 Å². The van der Waals surface area contributed by atoms with Crippen molar-refractivity contribution in [2.24, 2.45) is 0 Å². The number of aromatic amines is 1. The highest BCUT2D eigenvalue weighted by molar-refractivity contribution is 5.89. The number of ether oxygens (including phenoxy) is 1. The Kier molecular flexibility index (Phi) is 5.33. The number of anilines is 1. The second kappa shape index (κ2) is 8.10. The van der Waals surface area contributed by atoms with Crippen molar-refractivity contribution in [2.75, 3.05) is 19.0 Å². The van der Waals surface area contributed by atoms with Crippen LogP contribution in [0.1, 0.15) is 28.4 Å². The van der Waals surface area contributed by atoms with Gasteiger partial charge in [-0.15, -0.1) is 0 Å². The number of hydrogen-bond acceptors (Lipinski definition) is 5. The van der Waals surface area contributed by atoms with Crippen LogP contribution in [0.2, 0.25) is 0 Å². The number of hydrogen-bond donors (Lipinski definition) is 2. The molecule has 2 N–H and O–H groups in total. The molecule has 4 rings (SSSR count). The number of nitrogens with zero attached hydrogens (tertiary/aromatic N) is 3. The first-order chi connectivity index (χ1) is 14.9. The number of aromatic carboxylic acids is 1. The van der Waals surface area contributed by atoms with Gasteiger partial charge < -0.3 is 19.7 Å². The van der Waals surface area contributed by atoms with Crippen LogP contribution in [0, 0.1) is 6.92 Å². The zero-order valence-corrected chi connectivity index (χ0v) is 17.9. The maximum Gasteiger partial charge on any atom is 0.336 e. The lowest BCUT2D eigenvalue weighted by atomic mass is 10.0. The highest BCUT2D eigenvalue weighted by Crippen LogP contribution is 2.29. The van der Waals surface area contributed by atoms with Crippen LogP contribution in [0.25, 0.3) is 22.4 Å². The Morgan fingerprint density at radius 3 is 2.48 bits per heavy atom. The van der Waals surface area contributed by atoms with Crippen molar-refractivity contribution in [3.63, 3.8) is 0 Å². The summed E-state index contributed by atoms with van der Waals surface area (Å²) in [5.74, 6) is -0.594. The number of aromatic nitrogens is 3. The number of imidazole rings is 1. The van der Waals surface area contributed by atoms with Gasteiger partial charge in [-0.1, -0.05) is 25.1 Å². The van der Waals surface area contributed by atoms with E-state index in [0.29, 0.717) is 17.0 Å². The van der Waals surface area contributed by atoms with Crippen LogP contribution in [0.15, 0.2) is 48.5 Å². The van der Waals surface area contributed by atoms with E-state index in [2.05, 4.69) is 46.1 Å². The van der Waals surface area contributed by atoms with Crippen LogP contribution in [-0.2, 0) is 6.42 Å². The average Bonchev–Trinajstić information content (AvgIpc) is 3.15. The number of carbonyl (C=O) groups is 1. The van der Waals surface area contributed by atoms with Gasteiger partial charge in [0, 0.05) is 25.3 Å². The summed E-state index contributed by atoms with van der Waals surface area (Å²) in [7, 11) is 4.02. The molecular weight excluding hydrogens is 392 g/mol. The topological polar surface area (TPSA) is 91.3 Å². The van der Waals surface area contributed by atoms with E-state index in [1.165, 1.54) is 6.07 Å². The van der Waals surface area contributed by atoms with Gasteiger partial charge in [-0.05, 0) is 54.8 Å². The maximum absolute atomic E-state index is 11.4. The normalized spacial score (nSPS) is 11.0. The molecule has 2 aromatic carbocycles. The first-order valence-corrected chi connectivity index (χ1v) is 10.0. The van der Waals surface area contributed by atoms with Gasteiger partial charge in [0.15, 0.2) is 5.65 Å². The number of H-pyrrole nitrogens is 1. The van der Waals surface area contributed by atoms with E-state index >= 15 is 0 Å². The largest absolute Gasteiger partial charge is 0.478 e. The van der Waals surface area contributed by atoms with Crippen molar-refractivity contribution in [3.8, 4) is 23.0 Å². The smallest absolute Gasteiger partial charge is 0.336 e. The standard InChI is InChI=1S/C24H24N4O3/c1-5-15-12-20-22(26-21(15)16-7-9-17(10-8-16)28(3)4)27-24(25-20)31-18-11-6-14(2)19(13-18)23(29)30/h6-13H,5H2,1-4H3,(H,29,30)(H,25,26,27). The van der Waals surface area contributed by atoms with Gasteiger partial charge in [0.1, 0.15) is 5.75 Å². The quantitative estimate of drug-likeness (QED) is 0.457. The van der Waals surface area contributed by atoms with E-state index in [0.717, 1.165) is 34.4 Å². The molecule has 0 unspecified atom stereocenters. The Morgan fingerprint density at radius 1 is 1.10 bits per heavy atom. The minimum atomic E-state index is -0.994. The summed E-state index contributed by atoms with van der Waals surface area (Å²) in [5, 5.41) is 9.32. The fourth-order valence-electron chi connectivity index (χ4n) is 3.45. The molecule has 0 spiro atoms. The van der Waals surface area contributed by atoms with Crippen molar-refractivity contribution < 1.29 is 14.6 Å². The third kappa shape index (κ3) is 4.07. The molecule has 0 aliphatic heterocycles. The molecule has 0 saturated carbocycles. The van der Waals surface area contributed by atoms with Crippen molar-refractivity contribution in [2.45, 2.75) is 20.3 Å². The van der Waals surface area contributed by atoms with Crippen LogP contribution < -0.4 is 9.64 Å². The third-order valence-corrected chi connectivity index (χ3v) is 5.22. The van der Waals surface area contributed by atoms with Crippen molar-refractivity contribution in [1.29, 1.82) is 0 Å². The molecule has 2 heterocycles. The third-order valence-electron chi connectivity index (χ3n) is 5.22. The van der Waals surface area contributed by atoms with E-state index in [1.807, 2.05) is 20.2 Å². The highest BCUT2D eigenvalue weighted by atomic mass is 16.5. The maximum atomic E-state index is 11.4. The summed E-state index contributed by atoms with van der Waals surface area (Å²) in [6, 6.07) is 15.5. The number of aryl methyl sites for hydroxylation is 2. The predicted octanol–water partition coefficient (Wildman–Crippen LogP) is 5.05. The van der Waals surface area contributed by atoms with Crippen LogP contribution in [0.5, 0.6) is 11.8 Å². The summed E-state index contributed by atoms with van der Waals surface area (Å²) in [4.78, 5) is 25.8. The van der Waals surface area contributed by atoms with Crippen molar-refractivity contribution in [3.05, 3.63) is 65.2 Å². The minimum absolute atomic E-state index is 0.198. The fraction of sp³-hybridized carbons (Fsp3) is 0.208. The lowest BCUT2D eigenvalue weighted by molar-refractivity contribution is 0.0695. The summed E-state index contributed by atoms with van der Waals surface area (Å²) >= 11 is 0. The summed E-state index contributed by atoms with van der Waals surface area (Å²) in [6.45, 7) is 3.84. The van der Waals surface area contributed by atoms with Gasteiger partial charge >= 0.3 is 12.0 Å². The van der Waals surface area contributed by atoms with E-state index in [1.54, 1.807) is 19.1 Å². The minimum Gasteiger partial charge on any atom is -0.478 e. The molecule has 0 aliphatic carbocycles. The molecule has 4 aromatic rings. The van der Waals surface area contributed by atoms with Crippen LogP contribution >= 0.6 is 0 Å². The van der Waals surface area contributed by atoms with Crippen molar-refractivity contribution >= 4 is 22.8 Å². The van der Waals surface area contributed by atoms with Gasteiger partial charge in [-0.25, -0.2) is 9.78 Å². The fourth-order valence-corrected chi connectivity index (χ4v) is 3.45. The number of fused-ring (bicyclic) bond motifs is 1. The molecule has 2 aromatic heterocycles. The molecule has 7 nitrogen and oxygen atoms in total. The van der Waals surface area contributed by atoms with Gasteiger partial charge in [0.2, 0.25) is 0 Å². The number of pyridine rings is 1. The zero-order valence-electron chi connectivity index (χ0n) is 17.9. The van der Waals surface area contributed by atoms with Gasteiger partial charge in [-0.3, -0.25) is 0 Å². The average molecular weight is 416 g/mol. The molecule has 0 fully saturated rings. The Bertz CT molecular complexity index is 1260. The Labute approximate surface area is 180 Å². The first kappa shape index (κ1) is 20.4. The number of nitrogens with one attached hydrogen (secondary N) is 1. The van der Waals surface area contributed by atoms with Crippen LogP contribution in [0.4, 0.5) is 5.69 Å². The molecule has 31 heavy (non-hydrogen) atoms. The monoisotopic (exact) mass is 416 g/mol. The van der Waals surface area contributed by atoms with E-state index in [4.69, 9.17) is 9.72 Å². The highest BCUT2D eigenvalue weighted by Gasteiger charge is 2.14. The summed E-state index contributed by atoms with van der Waals surface area (Å²) in [6.07, 6.45) is 0.822. The number of rotatable bonds is 6. The van der Waals surface area contributed by atoms with E-state index < -0.39 is 5.97 Å². The molecule has 0 bridgehead atoms. The van der Waals surface area contributed by atoms with Gasteiger partial charge in [-0.2, -0.15) is 4.98 Å². The Hall–Kier alpha value is -3.87. The summed E-state index contributed by atoms with van der Waals surface area (Å²) < 4.78 is 5.79. The summed E-state index contributed by atoms with van der Waals surface area (Å²) in [5.41, 5.74) is 6.32. The molecule has 0 saturated heterocycles. The Morgan fingerprint density at radius 2 is 1.84 bits per heavy atom. The Balaban J connectivity index is 1.70. The van der Waals surface area contributed by atoms with Crippen LogP contribution in [-0.4, -0.2) is 40.1 Å².